The van der Waals surface area contributed by atoms with Gasteiger partial charge in [0.05, 0.1) is 17.0 Å². The minimum Gasteiger partial charge on any atom is -0.311 e. The first-order valence-electron chi connectivity index (χ1n) is 7.28. The van der Waals surface area contributed by atoms with Gasteiger partial charge in [-0.05, 0) is 41.6 Å². The molecule has 3 nitrogen and oxygen atoms in total. The van der Waals surface area contributed by atoms with E-state index in [4.69, 9.17) is 0 Å². The van der Waals surface area contributed by atoms with E-state index in [1.165, 1.54) is 5.56 Å². The number of hydrogen-bond acceptors (Lipinski definition) is 4. The first-order chi connectivity index (χ1) is 11.2. The summed E-state index contributed by atoms with van der Waals surface area (Å²) in [6.07, 6.45) is 1.27. The van der Waals surface area contributed by atoms with Crippen molar-refractivity contribution in [1.82, 2.24) is 4.98 Å². The van der Waals surface area contributed by atoms with Crippen LogP contribution < -0.4 is 4.90 Å². The molecule has 0 fully saturated rings. The van der Waals surface area contributed by atoms with E-state index in [1.807, 2.05) is 33.9 Å². The van der Waals surface area contributed by atoms with E-state index in [0.29, 0.717) is 6.42 Å². The van der Waals surface area contributed by atoms with E-state index < -0.39 is 0 Å². The molecule has 1 aliphatic rings. The van der Waals surface area contributed by atoms with Crippen molar-refractivity contribution in [2.45, 2.75) is 12.8 Å². The summed E-state index contributed by atoms with van der Waals surface area (Å²) in [5.41, 5.74) is 3.12. The highest BCUT2D eigenvalue weighted by Crippen LogP contribution is 2.32. The molecule has 1 aliphatic heterocycles. The first kappa shape index (κ1) is 15.1. The van der Waals surface area contributed by atoms with Crippen LogP contribution >= 0.6 is 38.6 Å². The lowest BCUT2D eigenvalue weighted by molar-refractivity contribution is -0.117. The second-order valence-corrected chi connectivity index (χ2v) is 8.09. The Bertz CT molecular complexity index is 857. The highest BCUT2D eigenvalue weighted by molar-refractivity contribution is 9.10. The molecule has 0 aliphatic carbocycles. The number of amides is 1. The molecule has 1 amide bonds. The molecule has 0 saturated carbocycles. The number of carbonyl (C=O) groups is 1. The molecular formula is C17H13BrN2OS2. The third-order valence-corrected chi connectivity index (χ3v) is 6.28. The van der Waals surface area contributed by atoms with Gasteiger partial charge < -0.3 is 4.90 Å². The molecule has 116 valence electrons. The van der Waals surface area contributed by atoms with Gasteiger partial charge in [0.2, 0.25) is 5.91 Å². The molecule has 3 heterocycles. The normalized spacial score (nSPS) is 13.3. The molecule has 2 aromatic heterocycles. The summed E-state index contributed by atoms with van der Waals surface area (Å²) in [7, 11) is 0. The number of hydrogen-bond donors (Lipinski definition) is 0. The van der Waals surface area contributed by atoms with Gasteiger partial charge in [0.1, 0.15) is 5.01 Å². The van der Waals surface area contributed by atoms with Crippen molar-refractivity contribution in [2.75, 3.05) is 11.4 Å². The monoisotopic (exact) mass is 404 g/mol. The maximum absolute atomic E-state index is 12.6. The molecule has 23 heavy (non-hydrogen) atoms. The van der Waals surface area contributed by atoms with Crippen molar-refractivity contribution >= 4 is 50.2 Å². The Labute approximate surface area is 150 Å². The van der Waals surface area contributed by atoms with Gasteiger partial charge in [0.15, 0.2) is 0 Å². The number of anilines is 1. The number of rotatable bonds is 3. The fraction of sp³-hybridized carbons (Fsp3) is 0.176. The van der Waals surface area contributed by atoms with Crippen LogP contribution in [0.3, 0.4) is 0 Å². The Kier molecular flexibility index (Phi) is 4.05. The van der Waals surface area contributed by atoms with Crippen molar-refractivity contribution in [2.24, 2.45) is 0 Å². The van der Waals surface area contributed by atoms with E-state index >= 15 is 0 Å². The van der Waals surface area contributed by atoms with Crippen molar-refractivity contribution in [3.05, 3.63) is 56.8 Å². The zero-order chi connectivity index (χ0) is 15.8. The molecule has 0 atom stereocenters. The lowest BCUT2D eigenvalue weighted by Gasteiger charge is -2.16. The number of nitrogens with zero attached hydrogens (tertiary/aromatic N) is 2. The molecule has 0 N–H and O–H groups in total. The van der Waals surface area contributed by atoms with E-state index in [-0.39, 0.29) is 5.91 Å². The molecule has 6 heteroatoms. The van der Waals surface area contributed by atoms with Crippen molar-refractivity contribution in [3.63, 3.8) is 0 Å². The zero-order valence-corrected chi connectivity index (χ0v) is 15.4. The molecule has 4 rings (SSSR count). The molecule has 0 spiro atoms. The standard InChI is InChI=1S/C17H13BrN2OS2/c18-12-3-4-14-11(8-12)5-6-20(14)16(21)9-13-10-23-17(19-13)15-2-1-7-22-15/h1-4,7-8,10H,5-6,9H2. The van der Waals surface area contributed by atoms with Gasteiger partial charge in [-0.3, -0.25) is 4.79 Å². The fourth-order valence-electron chi connectivity index (χ4n) is 2.78. The maximum atomic E-state index is 12.6. The van der Waals surface area contributed by atoms with Gasteiger partial charge in [0.25, 0.3) is 0 Å². The largest absolute Gasteiger partial charge is 0.311 e. The topological polar surface area (TPSA) is 33.2 Å². The Morgan fingerprint density at radius 1 is 1.30 bits per heavy atom. The number of carbonyl (C=O) groups excluding carboxylic acids is 1. The lowest BCUT2D eigenvalue weighted by atomic mass is 10.2. The van der Waals surface area contributed by atoms with Crippen LogP contribution in [0.25, 0.3) is 9.88 Å². The highest BCUT2D eigenvalue weighted by atomic mass is 79.9. The number of benzene rings is 1. The van der Waals surface area contributed by atoms with E-state index in [9.17, 15) is 4.79 Å². The van der Waals surface area contributed by atoms with Crippen LogP contribution in [0.5, 0.6) is 0 Å². The van der Waals surface area contributed by atoms with E-state index in [0.717, 1.165) is 38.7 Å². The predicted octanol–water partition coefficient (Wildman–Crippen LogP) is 4.77. The van der Waals surface area contributed by atoms with Gasteiger partial charge in [-0.2, -0.15) is 0 Å². The van der Waals surface area contributed by atoms with Gasteiger partial charge in [-0.25, -0.2) is 4.98 Å². The number of thiophene rings is 1. The van der Waals surface area contributed by atoms with Crippen LogP contribution in [0.1, 0.15) is 11.3 Å². The van der Waals surface area contributed by atoms with Crippen LogP contribution in [0.4, 0.5) is 5.69 Å². The van der Waals surface area contributed by atoms with Gasteiger partial charge in [-0.15, -0.1) is 22.7 Å². The molecule has 0 unspecified atom stereocenters. The first-order valence-corrected chi connectivity index (χ1v) is 9.83. The smallest absolute Gasteiger partial charge is 0.233 e. The van der Waals surface area contributed by atoms with Gasteiger partial charge in [-0.1, -0.05) is 22.0 Å². The maximum Gasteiger partial charge on any atom is 0.233 e. The Balaban J connectivity index is 1.51. The zero-order valence-electron chi connectivity index (χ0n) is 12.2. The van der Waals surface area contributed by atoms with Gasteiger partial charge >= 0.3 is 0 Å². The average molecular weight is 405 g/mol. The van der Waals surface area contributed by atoms with Crippen LogP contribution in [-0.2, 0) is 17.6 Å². The lowest BCUT2D eigenvalue weighted by Crippen LogP contribution is -2.30. The molecule has 0 saturated heterocycles. The van der Waals surface area contributed by atoms with Crippen molar-refractivity contribution in [1.29, 1.82) is 0 Å². The summed E-state index contributed by atoms with van der Waals surface area (Å²) in [5.74, 6) is 0.120. The van der Waals surface area contributed by atoms with Crippen molar-refractivity contribution in [3.8, 4) is 9.88 Å². The third kappa shape index (κ3) is 2.98. The Morgan fingerprint density at radius 3 is 3.04 bits per heavy atom. The van der Waals surface area contributed by atoms with Crippen LogP contribution in [-0.4, -0.2) is 17.4 Å². The SMILES string of the molecule is O=C(Cc1csc(-c2cccs2)n1)N1CCc2cc(Br)ccc21. The summed E-state index contributed by atoms with van der Waals surface area (Å²) in [6, 6.07) is 10.2. The summed E-state index contributed by atoms with van der Waals surface area (Å²) in [4.78, 5) is 20.3. The summed E-state index contributed by atoms with van der Waals surface area (Å²) < 4.78 is 1.06. The van der Waals surface area contributed by atoms with Crippen LogP contribution in [0.15, 0.2) is 45.6 Å². The number of thiazole rings is 1. The van der Waals surface area contributed by atoms with Crippen LogP contribution in [0, 0.1) is 0 Å². The number of aromatic nitrogens is 1. The van der Waals surface area contributed by atoms with E-state index in [2.05, 4.69) is 33.0 Å². The Hall–Kier alpha value is -1.50. The van der Waals surface area contributed by atoms with E-state index in [1.54, 1.807) is 22.7 Å². The molecule has 0 radical (unpaired) electrons. The summed E-state index contributed by atoms with van der Waals surface area (Å²) in [6.45, 7) is 0.756. The highest BCUT2D eigenvalue weighted by Gasteiger charge is 2.25. The minimum absolute atomic E-state index is 0.120. The number of halogens is 1. The molecule has 0 bridgehead atoms. The minimum atomic E-state index is 0.120. The van der Waals surface area contributed by atoms with Crippen LogP contribution in [0.2, 0.25) is 0 Å². The molecule has 3 aromatic rings. The number of fused-ring (bicyclic) bond motifs is 1. The predicted molar refractivity (Wildman–Crippen MR) is 99.3 cm³/mol. The summed E-state index contributed by atoms with van der Waals surface area (Å²) >= 11 is 6.76. The molecular weight excluding hydrogens is 392 g/mol. The fourth-order valence-corrected chi connectivity index (χ4v) is 4.82. The average Bonchev–Trinajstić information content (AvgIpc) is 3.26. The Morgan fingerprint density at radius 2 is 2.22 bits per heavy atom. The quantitative estimate of drug-likeness (QED) is 0.629. The molecule has 1 aromatic carbocycles. The van der Waals surface area contributed by atoms with Crippen molar-refractivity contribution < 1.29 is 4.79 Å². The second kappa shape index (κ2) is 6.19. The summed E-state index contributed by atoms with van der Waals surface area (Å²) in [5, 5.41) is 5.03. The third-order valence-electron chi connectivity index (χ3n) is 3.85. The second-order valence-electron chi connectivity index (χ2n) is 5.37. The van der Waals surface area contributed by atoms with Gasteiger partial charge in [0, 0.05) is 22.1 Å².